The number of hydrogen-bond donors (Lipinski definition) is 2. The molecule has 0 saturated carbocycles. The van der Waals surface area contributed by atoms with Gasteiger partial charge in [-0.05, 0) is 28.1 Å². The van der Waals surface area contributed by atoms with Crippen LogP contribution in [-0.4, -0.2) is 9.60 Å². The van der Waals surface area contributed by atoms with Crippen molar-refractivity contribution in [3.8, 4) is 0 Å². The van der Waals surface area contributed by atoms with E-state index < -0.39 is 0 Å². The molecule has 0 aliphatic carbocycles. The summed E-state index contributed by atoms with van der Waals surface area (Å²) in [4.78, 5) is 3.81. The van der Waals surface area contributed by atoms with Gasteiger partial charge in [0.05, 0.1) is 0 Å². The molecule has 0 atom stereocenters. The summed E-state index contributed by atoms with van der Waals surface area (Å²) in [5.74, 6) is 0.379. The van der Waals surface area contributed by atoms with E-state index in [0.717, 1.165) is 0 Å². The normalized spacial score (nSPS) is 9.30. The number of nitrogens with zero attached hydrogens (tertiary/aromatic N) is 1. The van der Waals surface area contributed by atoms with Crippen LogP contribution in [0.25, 0.3) is 0 Å². The second kappa shape index (κ2) is 2.79. The number of nitrogen functional groups attached to an aromatic ring is 1. The van der Waals surface area contributed by atoms with E-state index >= 15 is 0 Å². The standard InChI is InChI=1S/C6H6BrN3/c7-5(8)4-2-1-3-10-6(4)9/h1-3,8H,(H2,9,10). The summed E-state index contributed by atoms with van der Waals surface area (Å²) in [7, 11) is 0. The predicted molar refractivity (Wildman–Crippen MR) is 44.4 cm³/mol. The Morgan fingerprint density at radius 2 is 2.40 bits per heavy atom. The van der Waals surface area contributed by atoms with Crippen molar-refractivity contribution >= 4 is 26.4 Å². The lowest BCUT2D eigenvalue weighted by molar-refractivity contribution is 1.32. The zero-order valence-electron chi connectivity index (χ0n) is 5.13. The molecule has 52 valence electrons. The van der Waals surface area contributed by atoms with E-state index in [1.54, 1.807) is 18.3 Å². The molecule has 3 N–H and O–H groups in total. The van der Waals surface area contributed by atoms with Crippen LogP contribution in [0.15, 0.2) is 18.3 Å². The van der Waals surface area contributed by atoms with Gasteiger partial charge in [0.2, 0.25) is 0 Å². The Morgan fingerprint density at radius 3 is 2.80 bits per heavy atom. The van der Waals surface area contributed by atoms with Gasteiger partial charge in [-0.1, -0.05) is 0 Å². The van der Waals surface area contributed by atoms with Crippen LogP contribution in [0.1, 0.15) is 5.56 Å². The van der Waals surface area contributed by atoms with Crippen LogP contribution in [0.4, 0.5) is 5.82 Å². The van der Waals surface area contributed by atoms with Crippen molar-refractivity contribution in [2.75, 3.05) is 5.73 Å². The number of nitrogens with one attached hydrogen (secondary N) is 1. The van der Waals surface area contributed by atoms with Crippen LogP contribution in [0, 0.1) is 5.41 Å². The summed E-state index contributed by atoms with van der Waals surface area (Å²) in [5, 5.41) is 7.17. The first-order valence-electron chi connectivity index (χ1n) is 2.66. The summed E-state index contributed by atoms with van der Waals surface area (Å²) in [6.45, 7) is 0. The number of nitrogens with two attached hydrogens (primary N) is 1. The topological polar surface area (TPSA) is 62.8 Å². The smallest absolute Gasteiger partial charge is 0.133 e. The maximum Gasteiger partial charge on any atom is 0.133 e. The fourth-order valence-corrected chi connectivity index (χ4v) is 0.938. The van der Waals surface area contributed by atoms with Gasteiger partial charge in [0.25, 0.3) is 0 Å². The van der Waals surface area contributed by atoms with Crippen molar-refractivity contribution in [2.45, 2.75) is 0 Å². The minimum absolute atomic E-state index is 0.262. The molecule has 3 nitrogen and oxygen atoms in total. The van der Waals surface area contributed by atoms with Crippen LogP contribution in [0.2, 0.25) is 0 Å². The molecule has 0 aliphatic rings. The lowest BCUT2D eigenvalue weighted by Gasteiger charge is -1.97. The molecule has 0 radical (unpaired) electrons. The molecule has 10 heavy (non-hydrogen) atoms. The summed E-state index contributed by atoms with van der Waals surface area (Å²) in [6, 6.07) is 3.47. The zero-order chi connectivity index (χ0) is 7.56. The Balaban J connectivity index is 3.15. The van der Waals surface area contributed by atoms with Crippen LogP contribution in [0.5, 0.6) is 0 Å². The quantitative estimate of drug-likeness (QED) is 0.672. The minimum Gasteiger partial charge on any atom is -0.383 e. The van der Waals surface area contributed by atoms with Crippen LogP contribution in [0.3, 0.4) is 0 Å². The molecule has 0 amide bonds. The number of pyridine rings is 1. The molecule has 0 aromatic carbocycles. The minimum atomic E-state index is 0.262. The molecule has 0 aliphatic heterocycles. The Bertz CT molecular complexity index is 259. The molecule has 4 heteroatoms. The Morgan fingerprint density at radius 1 is 1.70 bits per heavy atom. The molecule has 0 saturated heterocycles. The fraction of sp³-hybridized carbons (Fsp3) is 0. The summed E-state index contributed by atoms with van der Waals surface area (Å²) < 4.78 is 0.262. The molecule has 0 spiro atoms. The van der Waals surface area contributed by atoms with Crippen molar-refractivity contribution in [3.63, 3.8) is 0 Å². The zero-order valence-corrected chi connectivity index (χ0v) is 6.72. The third-order valence-corrected chi connectivity index (χ3v) is 1.50. The first-order chi connectivity index (χ1) is 4.72. The molecule has 0 unspecified atom stereocenters. The van der Waals surface area contributed by atoms with Crippen molar-refractivity contribution in [1.29, 1.82) is 5.41 Å². The van der Waals surface area contributed by atoms with Gasteiger partial charge in [0.15, 0.2) is 0 Å². The first kappa shape index (κ1) is 7.21. The average molecular weight is 200 g/mol. The third kappa shape index (κ3) is 1.33. The lowest BCUT2D eigenvalue weighted by Crippen LogP contribution is -1.98. The number of rotatable bonds is 1. The highest BCUT2D eigenvalue weighted by atomic mass is 79.9. The molecule has 1 aromatic rings. The van der Waals surface area contributed by atoms with Crippen molar-refractivity contribution in [3.05, 3.63) is 23.9 Å². The van der Waals surface area contributed by atoms with Gasteiger partial charge in [-0.2, -0.15) is 0 Å². The van der Waals surface area contributed by atoms with Gasteiger partial charge in [-0.15, -0.1) is 0 Å². The summed E-state index contributed by atoms with van der Waals surface area (Å²) in [5.41, 5.74) is 6.07. The number of anilines is 1. The molecular weight excluding hydrogens is 194 g/mol. The first-order valence-corrected chi connectivity index (χ1v) is 3.46. The number of aromatic nitrogens is 1. The SMILES string of the molecule is N=C(Br)c1cccnc1N. The highest BCUT2D eigenvalue weighted by Gasteiger charge is 2.00. The highest BCUT2D eigenvalue weighted by Crippen LogP contribution is 2.10. The molecular formula is C6H6BrN3. The van der Waals surface area contributed by atoms with Crippen LogP contribution in [-0.2, 0) is 0 Å². The lowest BCUT2D eigenvalue weighted by atomic mass is 10.3. The van der Waals surface area contributed by atoms with Crippen LogP contribution < -0.4 is 5.73 Å². The Hall–Kier alpha value is -0.900. The van der Waals surface area contributed by atoms with E-state index in [1.165, 1.54) is 0 Å². The largest absolute Gasteiger partial charge is 0.383 e. The second-order valence-corrected chi connectivity index (χ2v) is 2.54. The molecule has 1 rings (SSSR count). The monoisotopic (exact) mass is 199 g/mol. The average Bonchev–Trinajstić information content (AvgIpc) is 1.88. The molecule has 1 heterocycles. The predicted octanol–water partition coefficient (Wildman–Crippen LogP) is 1.38. The molecule has 1 aromatic heterocycles. The van der Waals surface area contributed by atoms with Gasteiger partial charge in [-0.25, -0.2) is 4.98 Å². The molecule has 0 bridgehead atoms. The van der Waals surface area contributed by atoms with E-state index in [1.807, 2.05) is 0 Å². The van der Waals surface area contributed by atoms with Crippen LogP contribution >= 0.6 is 15.9 Å². The van der Waals surface area contributed by atoms with Crippen molar-refractivity contribution < 1.29 is 0 Å². The van der Waals surface area contributed by atoms with E-state index in [0.29, 0.717) is 11.4 Å². The summed E-state index contributed by atoms with van der Waals surface area (Å²) in [6.07, 6.45) is 1.59. The Kier molecular flexibility index (Phi) is 2.01. The van der Waals surface area contributed by atoms with E-state index in [-0.39, 0.29) is 4.62 Å². The maximum absolute atomic E-state index is 7.17. The fourth-order valence-electron chi connectivity index (χ4n) is 0.603. The highest BCUT2D eigenvalue weighted by molar-refractivity contribution is 9.18. The van der Waals surface area contributed by atoms with Gasteiger partial charge in [-0.3, -0.25) is 5.41 Å². The van der Waals surface area contributed by atoms with Crippen molar-refractivity contribution in [1.82, 2.24) is 4.98 Å². The molecule has 0 fully saturated rings. The van der Waals surface area contributed by atoms with E-state index in [9.17, 15) is 0 Å². The Labute approximate surface area is 66.9 Å². The van der Waals surface area contributed by atoms with E-state index in [2.05, 4.69) is 20.9 Å². The third-order valence-electron chi connectivity index (χ3n) is 1.08. The maximum atomic E-state index is 7.17. The van der Waals surface area contributed by atoms with Gasteiger partial charge in [0, 0.05) is 11.8 Å². The number of halogens is 1. The van der Waals surface area contributed by atoms with E-state index in [4.69, 9.17) is 11.1 Å². The van der Waals surface area contributed by atoms with Crippen molar-refractivity contribution in [2.24, 2.45) is 0 Å². The number of hydrogen-bond acceptors (Lipinski definition) is 3. The second-order valence-electron chi connectivity index (χ2n) is 1.75. The van der Waals surface area contributed by atoms with Gasteiger partial charge < -0.3 is 5.73 Å². The summed E-state index contributed by atoms with van der Waals surface area (Å²) >= 11 is 3.00. The van der Waals surface area contributed by atoms with Gasteiger partial charge in [0.1, 0.15) is 10.4 Å². The van der Waals surface area contributed by atoms with Gasteiger partial charge >= 0.3 is 0 Å².